The smallest absolute Gasteiger partial charge is 0.251 e. The third-order valence-electron chi connectivity index (χ3n) is 4.70. The number of ether oxygens (including phenoxy) is 1. The van der Waals surface area contributed by atoms with Crippen LogP contribution >= 0.6 is 15.9 Å². The van der Waals surface area contributed by atoms with Crippen LogP contribution in [0.5, 0.6) is 0 Å². The molecule has 8 heteroatoms. The summed E-state index contributed by atoms with van der Waals surface area (Å²) in [6.07, 6.45) is 2.45. The molecule has 0 aromatic heterocycles. The molecule has 2 rings (SSSR count). The van der Waals surface area contributed by atoms with Crippen molar-refractivity contribution in [2.24, 2.45) is 10.4 Å². The van der Waals surface area contributed by atoms with Crippen LogP contribution in [0, 0.1) is 5.41 Å². The maximum atomic E-state index is 12.1. The molecule has 4 N–H and O–H groups in total. The van der Waals surface area contributed by atoms with Gasteiger partial charge in [-0.3, -0.25) is 9.79 Å². The molecule has 0 saturated carbocycles. The van der Waals surface area contributed by atoms with E-state index in [9.17, 15) is 9.90 Å². The Hall–Kier alpha value is -1.64. The van der Waals surface area contributed by atoms with Gasteiger partial charge in [-0.25, -0.2) is 0 Å². The van der Waals surface area contributed by atoms with Crippen LogP contribution in [-0.4, -0.2) is 63.5 Å². The Balaban J connectivity index is 1.65. The number of guanidine groups is 1. The molecule has 1 aromatic carbocycles. The van der Waals surface area contributed by atoms with E-state index in [4.69, 9.17) is 4.74 Å². The first-order valence-corrected chi connectivity index (χ1v) is 10.0. The molecule has 27 heavy (non-hydrogen) atoms. The van der Waals surface area contributed by atoms with Gasteiger partial charge in [0.1, 0.15) is 0 Å². The van der Waals surface area contributed by atoms with Gasteiger partial charge >= 0.3 is 0 Å². The van der Waals surface area contributed by atoms with Gasteiger partial charge in [0.25, 0.3) is 5.91 Å². The lowest BCUT2D eigenvalue weighted by atomic mass is 9.84. The molecule has 1 amide bonds. The number of carbonyl (C=O) groups excluding carboxylic acids is 1. The van der Waals surface area contributed by atoms with Gasteiger partial charge in [-0.1, -0.05) is 22.0 Å². The SMILES string of the molecule is CN=C(NCCCNC(=O)c1cccc(Br)c1)NCC1(CCO)CCOC1. The predicted octanol–water partition coefficient (Wildman–Crippen LogP) is 1.52. The number of carbonyl (C=O) groups is 1. The van der Waals surface area contributed by atoms with E-state index in [0.29, 0.717) is 31.8 Å². The van der Waals surface area contributed by atoms with Crippen molar-refractivity contribution in [1.82, 2.24) is 16.0 Å². The van der Waals surface area contributed by atoms with E-state index in [1.54, 1.807) is 19.2 Å². The predicted molar refractivity (Wildman–Crippen MR) is 110 cm³/mol. The van der Waals surface area contributed by atoms with Crippen LogP contribution in [-0.2, 0) is 4.74 Å². The summed E-state index contributed by atoms with van der Waals surface area (Å²) in [4.78, 5) is 16.3. The molecule has 1 aromatic rings. The summed E-state index contributed by atoms with van der Waals surface area (Å²) in [7, 11) is 1.73. The Morgan fingerprint density at radius 3 is 2.81 bits per heavy atom. The van der Waals surface area contributed by atoms with E-state index in [0.717, 1.165) is 36.3 Å². The normalized spacial score (nSPS) is 19.7. The zero-order chi connectivity index (χ0) is 19.5. The first kappa shape index (κ1) is 21.7. The third-order valence-corrected chi connectivity index (χ3v) is 5.19. The molecule has 1 unspecified atom stereocenters. The van der Waals surface area contributed by atoms with Crippen molar-refractivity contribution in [3.8, 4) is 0 Å². The summed E-state index contributed by atoms with van der Waals surface area (Å²) in [5.41, 5.74) is 0.618. The number of benzene rings is 1. The minimum atomic E-state index is -0.0778. The summed E-state index contributed by atoms with van der Waals surface area (Å²) in [6, 6.07) is 7.32. The molecule has 0 radical (unpaired) electrons. The molecule has 0 bridgehead atoms. The molecule has 1 fully saturated rings. The topological polar surface area (TPSA) is 95.0 Å². The Bertz CT molecular complexity index is 633. The monoisotopic (exact) mass is 440 g/mol. The molecular weight excluding hydrogens is 412 g/mol. The Kier molecular flexibility index (Phi) is 9.03. The number of halogens is 1. The number of amides is 1. The lowest BCUT2D eigenvalue weighted by molar-refractivity contribution is 0.0953. The van der Waals surface area contributed by atoms with Crippen molar-refractivity contribution >= 4 is 27.8 Å². The number of nitrogens with one attached hydrogen (secondary N) is 3. The number of hydrogen-bond acceptors (Lipinski definition) is 4. The fourth-order valence-corrected chi connectivity index (χ4v) is 3.43. The van der Waals surface area contributed by atoms with Gasteiger partial charge in [0, 0.05) is 55.3 Å². The maximum absolute atomic E-state index is 12.1. The minimum Gasteiger partial charge on any atom is -0.396 e. The molecule has 0 spiro atoms. The maximum Gasteiger partial charge on any atom is 0.251 e. The highest BCUT2D eigenvalue weighted by Gasteiger charge is 2.34. The van der Waals surface area contributed by atoms with Gasteiger partial charge in [-0.05, 0) is 37.5 Å². The van der Waals surface area contributed by atoms with E-state index >= 15 is 0 Å². The van der Waals surface area contributed by atoms with Crippen LogP contribution in [0.4, 0.5) is 0 Å². The Morgan fingerprint density at radius 2 is 2.15 bits per heavy atom. The number of hydrogen-bond donors (Lipinski definition) is 4. The standard InChI is InChI=1S/C19H29BrN4O3/c1-21-18(24-13-19(6-10-25)7-11-27-14-19)23-9-3-8-22-17(26)15-4-2-5-16(20)12-15/h2,4-5,12,25H,3,6-11,13-14H2,1H3,(H,22,26)(H2,21,23,24). The van der Waals surface area contributed by atoms with Crippen molar-refractivity contribution in [3.63, 3.8) is 0 Å². The molecule has 1 aliphatic heterocycles. The number of aliphatic imine (C=N–C) groups is 1. The zero-order valence-electron chi connectivity index (χ0n) is 15.8. The second-order valence-electron chi connectivity index (χ2n) is 6.75. The lowest BCUT2D eigenvalue weighted by Gasteiger charge is -2.27. The van der Waals surface area contributed by atoms with Crippen LogP contribution < -0.4 is 16.0 Å². The van der Waals surface area contributed by atoms with Crippen LogP contribution in [0.25, 0.3) is 0 Å². The van der Waals surface area contributed by atoms with E-state index in [2.05, 4.69) is 36.9 Å². The highest BCUT2D eigenvalue weighted by Crippen LogP contribution is 2.31. The number of aliphatic hydroxyl groups is 1. The van der Waals surface area contributed by atoms with Crippen molar-refractivity contribution < 1.29 is 14.6 Å². The highest BCUT2D eigenvalue weighted by molar-refractivity contribution is 9.10. The second-order valence-corrected chi connectivity index (χ2v) is 7.66. The molecule has 1 saturated heterocycles. The lowest BCUT2D eigenvalue weighted by Crippen LogP contribution is -2.45. The van der Waals surface area contributed by atoms with Gasteiger partial charge < -0.3 is 25.8 Å². The molecule has 7 nitrogen and oxygen atoms in total. The fourth-order valence-electron chi connectivity index (χ4n) is 3.03. The summed E-state index contributed by atoms with van der Waals surface area (Å²) in [5.74, 6) is 0.642. The summed E-state index contributed by atoms with van der Waals surface area (Å²) >= 11 is 3.37. The van der Waals surface area contributed by atoms with Gasteiger partial charge in [0.2, 0.25) is 0 Å². The first-order valence-electron chi connectivity index (χ1n) is 9.25. The largest absolute Gasteiger partial charge is 0.396 e. The van der Waals surface area contributed by atoms with Crippen LogP contribution in [0.15, 0.2) is 33.7 Å². The Labute approximate surface area is 169 Å². The molecule has 1 heterocycles. The summed E-state index contributed by atoms with van der Waals surface area (Å²) < 4.78 is 6.39. The van der Waals surface area contributed by atoms with Crippen molar-refractivity contribution in [2.75, 3.05) is 46.5 Å². The summed E-state index contributed by atoms with van der Waals surface area (Å²) in [5, 5.41) is 18.8. The summed E-state index contributed by atoms with van der Waals surface area (Å²) in [6.45, 7) is 3.56. The van der Waals surface area contributed by atoms with Crippen molar-refractivity contribution in [1.29, 1.82) is 0 Å². The van der Waals surface area contributed by atoms with Crippen LogP contribution in [0.1, 0.15) is 29.6 Å². The van der Waals surface area contributed by atoms with E-state index < -0.39 is 0 Å². The van der Waals surface area contributed by atoms with Gasteiger partial charge in [0.05, 0.1) is 6.61 Å². The van der Waals surface area contributed by atoms with E-state index in [1.807, 2.05) is 12.1 Å². The number of nitrogens with zero attached hydrogens (tertiary/aromatic N) is 1. The Morgan fingerprint density at radius 1 is 1.33 bits per heavy atom. The molecular formula is C19H29BrN4O3. The molecule has 1 aliphatic rings. The van der Waals surface area contributed by atoms with Crippen LogP contribution in [0.3, 0.4) is 0 Å². The van der Waals surface area contributed by atoms with Gasteiger partial charge in [0.15, 0.2) is 5.96 Å². The molecule has 0 aliphatic carbocycles. The zero-order valence-corrected chi connectivity index (χ0v) is 17.3. The fraction of sp³-hybridized carbons (Fsp3) is 0.579. The molecule has 1 atom stereocenters. The number of aliphatic hydroxyl groups excluding tert-OH is 1. The number of rotatable bonds is 9. The average molecular weight is 441 g/mol. The second kappa shape index (κ2) is 11.3. The average Bonchev–Trinajstić information content (AvgIpc) is 3.13. The van der Waals surface area contributed by atoms with Crippen molar-refractivity contribution in [3.05, 3.63) is 34.3 Å². The highest BCUT2D eigenvalue weighted by atomic mass is 79.9. The third kappa shape index (κ3) is 7.12. The van der Waals surface area contributed by atoms with Gasteiger partial charge in [-0.15, -0.1) is 0 Å². The van der Waals surface area contributed by atoms with E-state index in [1.165, 1.54) is 0 Å². The quantitative estimate of drug-likeness (QED) is 0.265. The minimum absolute atomic E-state index is 0.0235. The first-order chi connectivity index (χ1) is 13.1. The van der Waals surface area contributed by atoms with E-state index in [-0.39, 0.29) is 17.9 Å². The van der Waals surface area contributed by atoms with Gasteiger partial charge in [-0.2, -0.15) is 0 Å². The van der Waals surface area contributed by atoms with Crippen molar-refractivity contribution in [2.45, 2.75) is 19.3 Å². The van der Waals surface area contributed by atoms with Crippen LogP contribution in [0.2, 0.25) is 0 Å². The molecule has 150 valence electrons.